The van der Waals surface area contributed by atoms with Crippen LogP contribution in [0, 0.1) is 5.92 Å². The maximum atomic E-state index is 2.49. The van der Waals surface area contributed by atoms with Crippen LogP contribution in [0.25, 0.3) is 0 Å². The minimum absolute atomic E-state index is 0.775. The SMILES string of the molecule is CC(C)CN(C)N1CCCCC1. The lowest BCUT2D eigenvalue weighted by atomic mass is 10.1. The number of rotatable bonds is 3. The first-order valence-corrected chi connectivity index (χ1v) is 5.16. The summed E-state index contributed by atoms with van der Waals surface area (Å²) in [5, 5.41) is 4.88. The van der Waals surface area contributed by atoms with Gasteiger partial charge in [0.1, 0.15) is 0 Å². The van der Waals surface area contributed by atoms with Crippen LogP contribution in [0.3, 0.4) is 0 Å². The molecule has 0 bridgehead atoms. The largest absolute Gasteiger partial charge is 0.245 e. The van der Waals surface area contributed by atoms with E-state index in [1.54, 1.807) is 0 Å². The summed E-state index contributed by atoms with van der Waals surface area (Å²) in [6.07, 6.45) is 4.18. The molecular weight excluding hydrogens is 148 g/mol. The molecule has 2 nitrogen and oxygen atoms in total. The highest BCUT2D eigenvalue weighted by molar-refractivity contribution is 4.62. The number of piperidine rings is 1. The molecule has 0 aromatic rings. The molecule has 0 aliphatic carbocycles. The van der Waals surface area contributed by atoms with Crippen molar-refractivity contribution in [3.05, 3.63) is 0 Å². The highest BCUT2D eigenvalue weighted by Crippen LogP contribution is 2.11. The Kier molecular flexibility index (Phi) is 4.02. The molecule has 1 fully saturated rings. The third-order valence-electron chi connectivity index (χ3n) is 2.44. The van der Waals surface area contributed by atoms with Crippen molar-refractivity contribution in [1.82, 2.24) is 10.0 Å². The van der Waals surface area contributed by atoms with E-state index in [0.29, 0.717) is 0 Å². The molecule has 0 atom stereocenters. The van der Waals surface area contributed by atoms with Crippen molar-refractivity contribution in [3.63, 3.8) is 0 Å². The Morgan fingerprint density at radius 1 is 1.17 bits per heavy atom. The fourth-order valence-electron chi connectivity index (χ4n) is 1.86. The summed E-state index contributed by atoms with van der Waals surface area (Å²) in [5.41, 5.74) is 0. The third kappa shape index (κ3) is 3.11. The van der Waals surface area contributed by atoms with Crippen LogP contribution < -0.4 is 0 Å². The van der Waals surface area contributed by atoms with Crippen molar-refractivity contribution >= 4 is 0 Å². The summed E-state index contributed by atoms with van der Waals surface area (Å²) in [4.78, 5) is 0. The van der Waals surface area contributed by atoms with Crippen molar-refractivity contribution in [1.29, 1.82) is 0 Å². The molecule has 72 valence electrons. The third-order valence-corrected chi connectivity index (χ3v) is 2.44. The molecule has 0 unspecified atom stereocenters. The van der Waals surface area contributed by atoms with Crippen LogP contribution in [0.1, 0.15) is 33.1 Å². The molecule has 1 aliphatic heterocycles. The van der Waals surface area contributed by atoms with E-state index in [-0.39, 0.29) is 0 Å². The zero-order valence-corrected chi connectivity index (χ0v) is 8.71. The van der Waals surface area contributed by atoms with Crippen LogP contribution in [0.2, 0.25) is 0 Å². The van der Waals surface area contributed by atoms with Crippen molar-refractivity contribution in [3.8, 4) is 0 Å². The van der Waals surface area contributed by atoms with Gasteiger partial charge in [-0.3, -0.25) is 0 Å². The molecule has 1 rings (SSSR count). The molecule has 1 aliphatic rings. The lowest BCUT2D eigenvalue weighted by molar-refractivity contribution is -0.0242. The van der Waals surface area contributed by atoms with E-state index in [0.717, 1.165) is 5.92 Å². The van der Waals surface area contributed by atoms with Crippen molar-refractivity contribution in [2.24, 2.45) is 5.92 Å². The van der Waals surface area contributed by atoms with Crippen LogP contribution in [-0.2, 0) is 0 Å². The van der Waals surface area contributed by atoms with Crippen LogP contribution in [0.4, 0.5) is 0 Å². The number of hydrazine groups is 1. The second-order valence-corrected chi connectivity index (χ2v) is 4.25. The Balaban J connectivity index is 2.24. The number of hydrogen-bond donors (Lipinski definition) is 0. The highest BCUT2D eigenvalue weighted by atomic mass is 15.6. The molecule has 1 saturated heterocycles. The van der Waals surface area contributed by atoms with Crippen LogP contribution in [0.15, 0.2) is 0 Å². The predicted octanol–water partition coefficient (Wildman–Crippen LogP) is 1.98. The Morgan fingerprint density at radius 2 is 1.75 bits per heavy atom. The Morgan fingerprint density at radius 3 is 2.25 bits per heavy atom. The lowest BCUT2D eigenvalue weighted by Gasteiger charge is -2.35. The van der Waals surface area contributed by atoms with E-state index in [9.17, 15) is 0 Å². The van der Waals surface area contributed by atoms with Gasteiger partial charge in [-0.05, 0) is 18.8 Å². The molecule has 12 heavy (non-hydrogen) atoms. The minimum Gasteiger partial charge on any atom is -0.245 e. The Hall–Kier alpha value is -0.0800. The molecule has 0 amide bonds. The fraction of sp³-hybridized carbons (Fsp3) is 1.00. The summed E-state index contributed by atoms with van der Waals surface area (Å²) < 4.78 is 0. The molecule has 1 heterocycles. The molecule has 0 spiro atoms. The first-order valence-electron chi connectivity index (χ1n) is 5.16. The second kappa shape index (κ2) is 4.83. The van der Waals surface area contributed by atoms with E-state index in [1.165, 1.54) is 38.9 Å². The summed E-state index contributed by atoms with van der Waals surface area (Å²) >= 11 is 0. The molecule has 0 aromatic heterocycles. The van der Waals surface area contributed by atoms with E-state index in [1.807, 2.05) is 0 Å². The van der Waals surface area contributed by atoms with E-state index in [2.05, 4.69) is 30.9 Å². The first kappa shape index (κ1) is 10.0. The topological polar surface area (TPSA) is 6.48 Å². The molecular formula is C10H22N2. The van der Waals surface area contributed by atoms with Gasteiger partial charge in [0.05, 0.1) is 0 Å². The number of nitrogens with zero attached hydrogens (tertiary/aromatic N) is 2. The van der Waals surface area contributed by atoms with Gasteiger partial charge in [0.25, 0.3) is 0 Å². The Bertz CT molecular complexity index is 117. The average molecular weight is 170 g/mol. The van der Waals surface area contributed by atoms with Gasteiger partial charge in [0, 0.05) is 26.7 Å². The smallest absolute Gasteiger partial charge is 0.0153 e. The van der Waals surface area contributed by atoms with Gasteiger partial charge >= 0.3 is 0 Å². The average Bonchev–Trinajstić information content (AvgIpc) is 2.05. The summed E-state index contributed by atoms with van der Waals surface area (Å²) in [6, 6.07) is 0. The van der Waals surface area contributed by atoms with Gasteiger partial charge in [0.15, 0.2) is 0 Å². The van der Waals surface area contributed by atoms with E-state index >= 15 is 0 Å². The van der Waals surface area contributed by atoms with Crippen LogP contribution >= 0.6 is 0 Å². The molecule has 0 radical (unpaired) electrons. The van der Waals surface area contributed by atoms with Crippen molar-refractivity contribution in [2.75, 3.05) is 26.7 Å². The normalized spacial score (nSPS) is 20.8. The molecule has 0 N–H and O–H groups in total. The summed E-state index contributed by atoms with van der Waals surface area (Å²) in [5.74, 6) is 0.775. The molecule has 0 saturated carbocycles. The van der Waals surface area contributed by atoms with Gasteiger partial charge in [-0.15, -0.1) is 0 Å². The second-order valence-electron chi connectivity index (χ2n) is 4.25. The Labute approximate surface area is 76.5 Å². The lowest BCUT2D eigenvalue weighted by Crippen LogP contribution is -2.44. The van der Waals surface area contributed by atoms with Crippen molar-refractivity contribution in [2.45, 2.75) is 33.1 Å². The zero-order valence-electron chi connectivity index (χ0n) is 8.71. The van der Waals surface area contributed by atoms with Crippen LogP contribution in [0.5, 0.6) is 0 Å². The summed E-state index contributed by atoms with van der Waals surface area (Å²) in [6.45, 7) is 8.29. The predicted molar refractivity (Wildman–Crippen MR) is 52.9 cm³/mol. The zero-order chi connectivity index (χ0) is 8.97. The van der Waals surface area contributed by atoms with Crippen LogP contribution in [-0.4, -0.2) is 36.7 Å². The maximum Gasteiger partial charge on any atom is 0.0153 e. The quantitative estimate of drug-likeness (QED) is 0.639. The van der Waals surface area contributed by atoms with Crippen molar-refractivity contribution < 1.29 is 0 Å². The fourth-order valence-corrected chi connectivity index (χ4v) is 1.86. The highest BCUT2D eigenvalue weighted by Gasteiger charge is 2.14. The van der Waals surface area contributed by atoms with Gasteiger partial charge in [-0.1, -0.05) is 20.3 Å². The minimum atomic E-state index is 0.775. The number of hydrogen-bond acceptors (Lipinski definition) is 2. The first-order chi connectivity index (χ1) is 5.70. The van der Waals surface area contributed by atoms with Gasteiger partial charge in [-0.2, -0.15) is 0 Å². The van der Waals surface area contributed by atoms with Gasteiger partial charge in [-0.25, -0.2) is 10.0 Å². The monoisotopic (exact) mass is 170 g/mol. The summed E-state index contributed by atoms with van der Waals surface area (Å²) in [7, 11) is 2.21. The molecule has 0 aromatic carbocycles. The van der Waals surface area contributed by atoms with Gasteiger partial charge in [0.2, 0.25) is 0 Å². The van der Waals surface area contributed by atoms with E-state index < -0.39 is 0 Å². The molecule has 2 heteroatoms. The van der Waals surface area contributed by atoms with E-state index in [4.69, 9.17) is 0 Å². The van der Waals surface area contributed by atoms with Gasteiger partial charge < -0.3 is 0 Å². The maximum absolute atomic E-state index is 2.49. The standard InChI is InChI=1S/C10H22N2/c1-10(2)9-11(3)12-7-5-4-6-8-12/h10H,4-9H2,1-3H3.